The van der Waals surface area contributed by atoms with Crippen LogP contribution in [0.2, 0.25) is 0 Å². The van der Waals surface area contributed by atoms with E-state index < -0.39 is 0 Å². The Morgan fingerprint density at radius 2 is 1.69 bits per heavy atom. The zero-order chi connectivity index (χ0) is 12.1. The van der Waals surface area contributed by atoms with Crippen LogP contribution < -0.4 is 5.32 Å². The van der Waals surface area contributed by atoms with E-state index in [1.165, 1.54) is 4.90 Å². The number of likely N-dealkylation sites (N-methyl/N-ethyl adjacent to an activating group) is 1. The van der Waals surface area contributed by atoms with E-state index in [1.54, 1.807) is 0 Å². The first-order valence-electron chi connectivity index (χ1n) is 6.06. The number of carbonyl (C=O) groups excluding carboxylic acids is 2. The first-order chi connectivity index (χ1) is 7.56. The van der Waals surface area contributed by atoms with Gasteiger partial charge in [-0.3, -0.25) is 14.5 Å². The summed E-state index contributed by atoms with van der Waals surface area (Å²) in [4.78, 5) is 25.0. The van der Waals surface area contributed by atoms with Crippen LogP contribution in [0.3, 0.4) is 0 Å². The van der Waals surface area contributed by atoms with Crippen molar-refractivity contribution < 1.29 is 9.59 Å². The molecule has 0 bridgehead atoms. The van der Waals surface area contributed by atoms with Gasteiger partial charge in [-0.1, -0.05) is 13.8 Å². The second-order valence-corrected chi connectivity index (χ2v) is 4.74. The fourth-order valence-corrected chi connectivity index (χ4v) is 2.00. The average Bonchev–Trinajstić information content (AvgIpc) is 2.38. The molecule has 1 atom stereocenters. The Labute approximate surface area is 97.4 Å². The van der Waals surface area contributed by atoms with Crippen molar-refractivity contribution in [3.8, 4) is 0 Å². The second kappa shape index (κ2) is 5.99. The highest BCUT2D eigenvalue weighted by atomic mass is 16.2. The predicted octanol–water partition coefficient (Wildman–Crippen LogP) is 1.16. The molecule has 0 saturated carbocycles. The summed E-state index contributed by atoms with van der Waals surface area (Å²) in [7, 11) is 1.87. The number of rotatable bonds is 4. The number of amides is 2. The molecule has 1 unspecified atom stereocenters. The molecule has 0 radical (unpaired) electrons. The number of hydrogen-bond acceptors (Lipinski definition) is 3. The van der Waals surface area contributed by atoms with E-state index in [1.807, 2.05) is 7.05 Å². The molecule has 0 aromatic carbocycles. The van der Waals surface area contributed by atoms with Crippen LogP contribution in [0.15, 0.2) is 0 Å². The minimum atomic E-state index is -0.0107. The molecule has 0 aromatic heterocycles. The number of nitrogens with one attached hydrogen (secondary N) is 1. The maximum atomic E-state index is 11.8. The van der Waals surface area contributed by atoms with Gasteiger partial charge >= 0.3 is 0 Å². The molecule has 1 saturated heterocycles. The van der Waals surface area contributed by atoms with E-state index in [-0.39, 0.29) is 17.9 Å². The number of nitrogens with zero attached hydrogens (tertiary/aromatic N) is 1. The summed E-state index contributed by atoms with van der Waals surface area (Å²) in [6, 6.07) is 0.186. The van der Waals surface area contributed by atoms with E-state index in [0.29, 0.717) is 25.3 Å². The molecule has 92 valence electrons. The highest BCUT2D eigenvalue weighted by molar-refractivity contribution is 5.96. The minimum Gasteiger partial charge on any atom is -0.315 e. The third-order valence-corrected chi connectivity index (χ3v) is 3.19. The summed E-state index contributed by atoms with van der Waals surface area (Å²) < 4.78 is 0. The van der Waals surface area contributed by atoms with Gasteiger partial charge in [0.1, 0.15) is 0 Å². The third-order valence-electron chi connectivity index (χ3n) is 3.19. The topological polar surface area (TPSA) is 49.4 Å². The van der Waals surface area contributed by atoms with Crippen molar-refractivity contribution in [2.24, 2.45) is 5.92 Å². The molecule has 4 nitrogen and oxygen atoms in total. The summed E-state index contributed by atoms with van der Waals surface area (Å²) in [6.07, 6.45) is 2.71. The first-order valence-corrected chi connectivity index (χ1v) is 6.06. The lowest BCUT2D eigenvalue weighted by Crippen LogP contribution is -2.47. The molecule has 1 N–H and O–H groups in total. The Kier molecular flexibility index (Phi) is 4.93. The number of carbonyl (C=O) groups is 2. The predicted molar refractivity (Wildman–Crippen MR) is 62.9 cm³/mol. The largest absolute Gasteiger partial charge is 0.315 e. The van der Waals surface area contributed by atoms with E-state index in [0.717, 1.165) is 12.8 Å². The summed E-state index contributed by atoms with van der Waals surface area (Å²) in [5.41, 5.74) is 0. The van der Waals surface area contributed by atoms with Crippen LogP contribution in [0.25, 0.3) is 0 Å². The van der Waals surface area contributed by atoms with Crippen molar-refractivity contribution in [1.82, 2.24) is 10.2 Å². The van der Waals surface area contributed by atoms with Crippen LogP contribution in [-0.2, 0) is 9.59 Å². The maximum Gasteiger partial charge on any atom is 0.229 e. The van der Waals surface area contributed by atoms with Gasteiger partial charge in [-0.05, 0) is 25.8 Å². The van der Waals surface area contributed by atoms with E-state index in [2.05, 4.69) is 19.2 Å². The van der Waals surface area contributed by atoms with E-state index >= 15 is 0 Å². The summed E-state index contributed by atoms with van der Waals surface area (Å²) in [5.74, 6) is 0.389. The number of hydrogen-bond donors (Lipinski definition) is 1. The standard InChI is InChI=1S/C12H22N2O2/c1-9(2)10(13-3)8-14-11(15)6-4-5-7-12(14)16/h9-10,13H,4-8H2,1-3H3. The van der Waals surface area contributed by atoms with Gasteiger partial charge in [0.25, 0.3) is 0 Å². The van der Waals surface area contributed by atoms with Gasteiger partial charge in [-0.25, -0.2) is 0 Å². The first kappa shape index (κ1) is 13.2. The molecule has 2 amide bonds. The molecular weight excluding hydrogens is 204 g/mol. The molecular formula is C12H22N2O2. The van der Waals surface area contributed by atoms with Crippen molar-refractivity contribution in [2.75, 3.05) is 13.6 Å². The highest BCUT2D eigenvalue weighted by Crippen LogP contribution is 2.14. The van der Waals surface area contributed by atoms with Crippen molar-refractivity contribution in [3.63, 3.8) is 0 Å². The van der Waals surface area contributed by atoms with Crippen LogP contribution in [0.4, 0.5) is 0 Å². The molecule has 0 spiro atoms. The molecule has 1 fully saturated rings. The molecule has 4 heteroatoms. The van der Waals surface area contributed by atoms with Crippen molar-refractivity contribution in [2.45, 2.75) is 45.6 Å². The zero-order valence-electron chi connectivity index (χ0n) is 10.5. The molecule has 1 heterocycles. The number of likely N-dealkylation sites (tertiary alicyclic amines) is 1. The lowest BCUT2D eigenvalue weighted by atomic mass is 10.0. The van der Waals surface area contributed by atoms with Gasteiger partial charge in [0.05, 0.1) is 0 Å². The monoisotopic (exact) mass is 226 g/mol. The van der Waals surface area contributed by atoms with Gasteiger partial charge < -0.3 is 5.32 Å². The average molecular weight is 226 g/mol. The van der Waals surface area contributed by atoms with Gasteiger partial charge in [0, 0.05) is 25.4 Å². The van der Waals surface area contributed by atoms with Crippen molar-refractivity contribution in [3.05, 3.63) is 0 Å². The molecule has 16 heavy (non-hydrogen) atoms. The van der Waals surface area contributed by atoms with Crippen LogP contribution in [0, 0.1) is 5.92 Å². The molecule has 1 aliphatic rings. The Balaban J connectivity index is 2.67. The zero-order valence-corrected chi connectivity index (χ0v) is 10.5. The minimum absolute atomic E-state index is 0.0107. The Morgan fingerprint density at radius 3 is 2.06 bits per heavy atom. The normalized spacial score (nSPS) is 20.1. The molecule has 1 rings (SSSR count). The van der Waals surface area contributed by atoms with Crippen LogP contribution in [0.5, 0.6) is 0 Å². The van der Waals surface area contributed by atoms with E-state index in [9.17, 15) is 9.59 Å². The van der Waals surface area contributed by atoms with Crippen molar-refractivity contribution in [1.29, 1.82) is 0 Å². The van der Waals surface area contributed by atoms with Crippen molar-refractivity contribution >= 4 is 11.8 Å². The molecule has 1 aliphatic heterocycles. The van der Waals surface area contributed by atoms with Crippen LogP contribution in [0.1, 0.15) is 39.5 Å². The summed E-state index contributed by atoms with van der Waals surface area (Å²) >= 11 is 0. The van der Waals surface area contributed by atoms with E-state index in [4.69, 9.17) is 0 Å². The molecule has 0 aromatic rings. The lowest BCUT2D eigenvalue weighted by Gasteiger charge is -2.27. The number of imide groups is 1. The smallest absolute Gasteiger partial charge is 0.229 e. The van der Waals surface area contributed by atoms with Crippen LogP contribution in [-0.4, -0.2) is 36.3 Å². The highest BCUT2D eigenvalue weighted by Gasteiger charge is 2.27. The van der Waals surface area contributed by atoms with Gasteiger partial charge in [0.15, 0.2) is 0 Å². The quantitative estimate of drug-likeness (QED) is 0.732. The SMILES string of the molecule is CNC(CN1C(=O)CCCCC1=O)C(C)C. The Hall–Kier alpha value is -0.900. The maximum absolute atomic E-state index is 11.8. The molecule has 0 aliphatic carbocycles. The van der Waals surface area contributed by atoms with Gasteiger partial charge in [0.2, 0.25) is 11.8 Å². The fraction of sp³-hybridized carbons (Fsp3) is 0.833. The van der Waals surface area contributed by atoms with Gasteiger partial charge in [-0.2, -0.15) is 0 Å². The lowest BCUT2D eigenvalue weighted by molar-refractivity contribution is -0.144. The summed E-state index contributed by atoms with van der Waals surface area (Å²) in [5, 5.41) is 3.16. The second-order valence-electron chi connectivity index (χ2n) is 4.74. The van der Waals surface area contributed by atoms with Crippen LogP contribution >= 0.6 is 0 Å². The fourth-order valence-electron chi connectivity index (χ4n) is 2.00. The Bertz CT molecular complexity index is 246. The third kappa shape index (κ3) is 3.30. The summed E-state index contributed by atoms with van der Waals surface area (Å²) in [6.45, 7) is 4.69. The Morgan fingerprint density at radius 1 is 1.19 bits per heavy atom. The van der Waals surface area contributed by atoms with Gasteiger partial charge in [-0.15, -0.1) is 0 Å².